The summed E-state index contributed by atoms with van der Waals surface area (Å²) in [5.41, 5.74) is 1.29. The Balaban J connectivity index is 1.30. The van der Waals surface area contributed by atoms with Crippen LogP contribution >= 0.6 is 0 Å². The fourth-order valence-electron chi connectivity index (χ4n) is 4.23. The molecule has 0 unspecified atom stereocenters. The Morgan fingerprint density at radius 2 is 1.75 bits per heavy atom. The number of rotatable bonds is 8. The van der Waals surface area contributed by atoms with Gasteiger partial charge in [-0.1, -0.05) is 12.5 Å². The minimum atomic E-state index is -3.60. The van der Waals surface area contributed by atoms with Crippen molar-refractivity contribution in [2.45, 2.75) is 37.2 Å². The standard InChI is InChI=1S/C24H31N3O7S2/c1-18-6-11-22-21(16-18)27(35(2,29)30)17-23(34-22)24(28)25-12-15-33-19-7-9-20(10-8-19)36(31,32)26-13-4-3-5-14-26/h6-11,16,23H,3-5,12-15,17H2,1-2H3,(H,25,28)/t23-/m1/s1. The second-order valence-corrected chi connectivity index (χ2v) is 12.8. The van der Waals surface area contributed by atoms with Crippen molar-refractivity contribution in [3.63, 3.8) is 0 Å². The third-order valence-electron chi connectivity index (χ3n) is 6.12. The van der Waals surface area contributed by atoms with E-state index in [2.05, 4.69) is 5.32 Å². The number of anilines is 1. The molecule has 36 heavy (non-hydrogen) atoms. The van der Waals surface area contributed by atoms with E-state index in [1.165, 1.54) is 20.7 Å². The normalized spacial score (nSPS) is 18.7. The third kappa shape index (κ3) is 5.93. The minimum absolute atomic E-state index is 0.130. The fourth-order valence-corrected chi connectivity index (χ4v) is 6.65. The van der Waals surface area contributed by atoms with Crippen molar-refractivity contribution in [2.24, 2.45) is 0 Å². The molecule has 1 fully saturated rings. The molecular formula is C24H31N3O7S2. The molecule has 12 heteroatoms. The summed E-state index contributed by atoms with van der Waals surface area (Å²) in [5.74, 6) is 0.345. The number of benzene rings is 2. The van der Waals surface area contributed by atoms with Gasteiger partial charge in [0, 0.05) is 13.1 Å². The summed E-state index contributed by atoms with van der Waals surface area (Å²) in [5, 5.41) is 2.70. The van der Waals surface area contributed by atoms with Gasteiger partial charge >= 0.3 is 0 Å². The summed E-state index contributed by atoms with van der Waals surface area (Å²) in [6.07, 6.45) is 2.88. The first kappa shape index (κ1) is 26.2. The highest BCUT2D eigenvalue weighted by Gasteiger charge is 2.35. The van der Waals surface area contributed by atoms with E-state index in [-0.39, 0.29) is 24.6 Å². The van der Waals surface area contributed by atoms with Crippen LogP contribution in [0.4, 0.5) is 5.69 Å². The molecular weight excluding hydrogens is 506 g/mol. The van der Waals surface area contributed by atoms with E-state index in [1.807, 2.05) is 6.92 Å². The summed E-state index contributed by atoms with van der Waals surface area (Å²) in [4.78, 5) is 12.9. The first-order valence-corrected chi connectivity index (χ1v) is 15.1. The largest absolute Gasteiger partial charge is 0.492 e. The lowest BCUT2D eigenvalue weighted by molar-refractivity contribution is -0.127. The second kappa shape index (κ2) is 10.7. The predicted molar refractivity (Wildman–Crippen MR) is 135 cm³/mol. The van der Waals surface area contributed by atoms with E-state index in [0.717, 1.165) is 31.1 Å². The molecule has 1 N–H and O–H groups in total. The van der Waals surface area contributed by atoms with Gasteiger partial charge in [-0.15, -0.1) is 0 Å². The molecule has 4 rings (SSSR count). The highest BCUT2D eigenvalue weighted by molar-refractivity contribution is 7.92. The van der Waals surface area contributed by atoms with Crippen molar-refractivity contribution in [1.29, 1.82) is 0 Å². The number of fused-ring (bicyclic) bond motifs is 1. The van der Waals surface area contributed by atoms with Gasteiger partial charge in [-0.2, -0.15) is 4.31 Å². The maximum absolute atomic E-state index is 12.7. The van der Waals surface area contributed by atoms with Gasteiger partial charge in [0.2, 0.25) is 20.0 Å². The summed E-state index contributed by atoms with van der Waals surface area (Å²) < 4.78 is 64.2. The predicted octanol–water partition coefficient (Wildman–Crippen LogP) is 1.89. The van der Waals surface area contributed by atoms with Gasteiger partial charge in [0.15, 0.2) is 6.10 Å². The van der Waals surface area contributed by atoms with E-state index in [1.54, 1.807) is 30.3 Å². The molecule has 1 amide bonds. The molecule has 0 bridgehead atoms. The SMILES string of the molecule is Cc1ccc2c(c1)N(S(C)(=O)=O)C[C@H](C(=O)NCCOc1ccc(S(=O)(=O)N3CCCCC3)cc1)O2. The summed E-state index contributed by atoms with van der Waals surface area (Å²) in [7, 11) is -7.11. The van der Waals surface area contributed by atoms with Crippen LogP contribution in [0.15, 0.2) is 47.4 Å². The summed E-state index contributed by atoms with van der Waals surface area (Å²) >= 11 is 0. The van der Waals surface area contributed by atoms with Crippen LogP contribution in [-0.4, -0.2) is 72.2 Å². The molecule has 196 valence electrons. The van der Waals surface area contributed by atoms with Gasteiger partial charge in [-0.25, -0.2) is 16.8 Å². The van der Waals surface area contributed by atoms with Gasteiger partial charge in [0.1, 0.15) is 18.1 Å². The lowest BCUT2D eigenvalue weighted by Gasteiger charge is -2.34. The maximum Gasteiger partial charge on any atom is 0.263 e. The number of amides is 1. The van der Waals surface area contributed by atoms with Crippen LogP contribution < -0.4 is 19.1 Å². The lowest BCUT2D eigenvalue weighted by Crippen LogP contribution is -2.51. The highest BCUT2D eigenvalue weighted by atomic mass is 32.2. The van der Waals surface area contributed by atoms with E-state index in [4.69, 9.17) is 9.47 Å². The number of nitrogens with zero attached hydrogens (tertiary/aromatic N) is 2. The molecule has 2 aromatic rings. The van der Waals surface area contributed by atoms with Crippen molar-refractivity contribution in [2.75, 3.05) is 43.3 Å². The van der Waals surface area contributed by atoms with Crippen molar-refractivity contribution >= 4 is 31.6 Å². The van der Waals surface area contributed by atoms with Gasteiger partial charge < -0.3 is 14.8 Å². The van der Waals surface area contributed by atoms with Crippen LogP contribution in [0.25, 0.3) is 0 Å². The Morgan fingerprint density at radius 1 is 1.06 bits per heavy atom. The van der Waals surface area contributed by atoms with E-state index < -0.39 is 32.1 Å². The molecule has 2 aromatic carbocycles. The lowest BCUT2D eigenvalue weighted by atomic mass is 10.1. The maximum atomic E-state index is 12.7. The monoisotopic (exact) mass is 537 g/mol. The number of nitrogens with one attached hydrogen (secondary N) is 1. The third-order valence-corrected chi connectivity index (χ3v) is 9.18. The minimum Gasteiger partial charge on any atom is -0.492 e. The molecule has 2 aliphatic heterocycles. The molecule has 0 radical (unpaired) electrons. The van der Waals surface area contributed by atoms with E-state index in [9.17, 15) is 21.6 Å². The first-order chi connectivity index (χ1) is 17.1. The number of ether oxygens (including phenoxy) is 2. The number of hydrogen-bond acceptors (Lipinski definition) is 7. The molecule has 0 aliphatic carbocycles. The van der Waals surface area contributed by atoms with Crippen molar-refractivity contribution in [3.05, 3.63) is 48.0 Å². The van der Waals surface area contributed by atoms with Crippen LogP contribution in [0, 0.1) is 6.92 Å². The van der Waals surface area contributed by atoms with Gasteiger partial charge in [0.05, 0.1) is 29.9 Å². The molecule has 2 heterocycles. The summed E-state index contributed by atoms with van der Waals surface area (Å²) in [6.45, 7) is 3.10. The first-order valence-electron chi connectivity index (χ1n) is 11.8. The number of piperidine rings is 1. The Bertz CT molecular complexity index is 1310. The second-order valence-electron chi connectivity index (χ2n) is 8.95. The van der Waals surface area contributed by atoms with Crippen molar-refractivity contribution in [3.8, 4) is 11.5 Å². The van der Waals surface area contributed by atoms with Gasteiger partial charge in [0.25, 0.3) is 5.91 Å². The molecule has 2 aliphatic rings. The number of hydrogen-bond donors (Lipinski definition) is 1. The van der Waals surface area contributed by atoms with Crippen LogP contribution in [-0.2, 0) is 24.8 Å². The van der Waals surface area contributed by atoms with E-state index >= 15 is 0 Å². The quantitative estimate of drug-likeness (QED) is 0.510. The van der Waals surface area contributed by atoms with E-state index in [0.29, 0.717) is 30.3 Å². The van der Waals surface area contributed by atoms with Crippen LogP contribution in [0.1, 0.15) is 24.8 Å². The van der Waals surface area contributed by atoms with Crippen LogP contribution in [0.5, 0.6) is 11.5 Å². The van der Waals surface area contributed by atoms with Gasteiger partial charge in [-0.3, -0.25) is 9.10 Å². The number of sulfonamides is 2. The zero-order valence-corrected chi connectivity index (χ0v) is 22.0. The molecule has 10 nitrogen and oxygen atoms in total. The Kier molecular flexibility index (Phi) is 7.76. The van der Waals surface area contributed by atoms with Crippen molar-refractivity contribution < 1.29 is 31.1 Å². The molecule has 1 saturated heterocycles. The number of carbonyl (C=O) groups excluding carboxylic acids is 1. The van der Waals surface area contributed by atoms with Crippen LogP contribution in [0.3, 0.4) is 0 Å². The van der Waals surface area contributed by atoms with Crippen molar-refractivity contribution in [1.82, 2.24) is 9.62 Å². The van der Waals surface area contributed by atoms with Crippen LogP contribution in [0.2, 0.25) is 0 Å². The zero-order chi connectivity index (χ0) is 25.9. The molecule has 1 atom stereocenters. The number of carbonyl (C=O) groups is 1. The average Bonchev–Trinajstić information content (AvgIpc) is 2.86. The Labute approximate surface area is 212 Å². The average molecular weight is 538 g/mol. The Morgan fingerprint density at radius 3 is 2.42 bits per heavy atom. The fraction of sp³-hybridized carbons (Fsp3) is 0.458. The highest BCUT2D eigenvalue weighted by Crippen LogP contribution is 2.35. The Hall–Kier alpha value is -2.83. The smallest absolute Gasteiger partial charge is 0.263 e. The van der Waals surface area contributed by atoms with Gasteiger partial charge in [-0.05, 0) is 61.7 Å². The summed E-state index contributed by atoms with van der Waals surface area (Å²) in [6, 6.07) is 11.4. The molecule has 0 saturated carbocycles. The number of aryl methyl sites for hydroxylation is 1. The topological polar surface area (TPSA) is 122 Å². The molecule has 0 spiro atoms. The molecule has 0 aromatic heterocycles. The zero-order valence-electron chi connectivity index (χ0n) is 20.3.